The lowest BCUT2D eigenvalue weighted by Crippen LogP contribution is -2.49. The van der Waals surface area contributed by atoms with Gasteiger partial charge in [0.1, 0.15) is 0 Å². The summed E-state index contributed by atoms with van der Waals surface area (Å²) < 4.78 is 19.8. The van der Waals surface area contributed by atoms with Crippen LogP contribution in [0.2, 0.25) is 0 Å². The number of allylic oxidation sites excluding steroid dienone is 6. The Bertz CT molecular complexity index is 449. The van der Waals surface area contributed by atoms with Crippen LogP contribution in [-0.2, 0) is 13.3 Å². The Morgan fingerprint density at radius 1 is 0.633 bits per heavy atom. The van der Waals surface area contributed by atoms with Crippen LogP contribution in [0.15, 0.2) is 35.6 Å². The van der Waals surface area contributed by atoms with E-state index in [1.54, 1.807) is 0 Å². The highest BCUT2D eigenvalue weighted by atomic mass is 28.4. The fourth-order valence-corrected chi connectivity index (χ4v) is 6.39. The molecule has 0 spiro atoms. The van der Waals surface area contributed by atoms with Gasteiger partial charge in [0.05, 0.1) is 0 Å². The Labute approximate surface area is 188 Å². The Morgan fingerprint density at radius 2 is 1.13 bits per heavy atom. The molecular formula is C26H48O3Si. The van der Waals surface area contributed by atoms with Gasteiger partial charge in [0.25, 0.3) is 0 Å². The van der Waals surface area contributed by atoms with E-state index in [1.165, 1.54) is 63.0 Å². The predicted octanol–water partition coefficient (Wildman–Crippen LogP) is 8.09. The molecule has 1 aliphatic rings. The first-order valence-corrected chi connectivity index (χ1v) is 14.5. The van der Waals surface area contributed by atoms with Gasteiger partial charge in [-0.2, -0.15) is 0 Å². The summed E-state index contributed by atoms with van der Waals surface area (Å²) in [5.41, 5.74) is 0. The zero-order chi connectivity index (χ0) is 21.8. The van der Waals surface area contributed by atoms with Crippen molar-refractivity contribution in [3.8, 4) is 0 Å². The van der Waals surface area contributed by atoms with Crippen molar-refractivity contribution < 1.29 is 13.3 Å². The van der Waals surface area contributed by atoms with Crippen LogP contribution in [0.25, 0.3) is 0 Å². The van der Waals surface area contributed by atoms with Gasteiger partial charge in [-0.3, -0.25) is 0 Å². The number of unbranched alkanes of at least 4 members (excludes halogenated alkanes) is 9. The molecule has 0 aromatic rings. The van der Waals surface area contributed by atoms with Gasteiger partial charge in [0.15, 0.2) is 0 Å². The Balaban J connectivity index is 2.87. The number of hydrogen-bond donors (Lipinski definition) is 0. The van der Waals surface area contributed by atoms with Gasteiger partial charge in [0, 0.05) is 25.0 Å². The molecule has 0 saturated carbocycles. The molecule has 0 heterocycles. The molecule has 0 N–H and O–H groups in total. The van der Waals surface area contributed by atoms with E-state index in [-0.39, 0.29) is 0 Å². The molecular weight excluding hydrogens is 388 g/mol. The minimum Gasteiger partial charge on any atom is -0.370 e. The maximum absolute atomic E-state index is 6.59. The summed E-state index contributed by atoms with van der Waals surface area (Å²) in [7, 11) is -2.85. The van der Waals surface area contributed by atoms with Gasteiger partial charge in [-0.15, -0.1) is 0 Å². The largest absolute Gasteiger partial charge is 0.533 e. The summed E-state index contributed by atoms with van der Waals surface area (Å²) >= 11 is 0. The molecule has 0 amide bonds. The summed E-state index contributed by atoms with van der Waals surface area (Å²) in [4.78, 5) is 0. The van der Waals surface area contributed by atoms with Gasteiger partial charge in [-0.05, 0) is 32.1 Å². The fraction of sp³-hybridized carbons (Fsp3) is 0.769. The summed E-state index contributed by atoms with van der Waals surface area (Å²) in [5, 5.41) is 1.25. The van der Waals surface area contributed by atoms with Crippen LogP contribution in [0, 0.1) is 0 Å². The van der Waals surface area contributed by atoms with E-state index in [4.69, 9.17) is 13.3 Å². The van der Waals surface area contributed by atoms with Gasteiger partial charge in [-0.1, -0.05) is 109 Å². The number of hydrogen-bond acceptors (Lipinski definition) is 3. The molecule has 30 heavy (non-hydrogen) atoms. The predicted molar refractivity (Wildman–Crippen MR) is 132 cm³/mol. The molecule has 0 bridgehead atoms. The summed E-state index contributed by atoms with van der Waals surface area (Å²) in [6.07, 6.45) is 27.2. The lowest BCUT2D eigenvalue weighted by Gasteiger charge is -2.32. The van der Waals surface area contributed by atoms with Crippen LogP contribution >= 0.6 is 0 Å². The highest BCUT2D eigenvalue weighted by molar-refractivity contribution is 6.68. The summed E-state index contributed by atoms with van der Waals surface area (Å²) in [6, 6.07) is 0. The molecule has 0 atom stereocenters. The van der Waals surface area contributed by atoms with Crippen molar-refractivity contribution >= 4 is 8.80 Å². The van der Waals surface area contributed by atoms with Gasteiger partial charge >= 0.3 is 8.80 Å². The maximum Gasteiger partial charge on any atom is 0.533 e. The normalized spacial score (nSPS) is 14.6. The Kier molecular flexibility index (Phi) is 17.4. The molecule has 0 saturated heterocycles. The second-order valence-corrected chi connectivity index (χ2v) is 10.9. The molecule has 1 aliphatic carbocycles. The Hall–Kier alpha value is -0.683. The van der Waals surface area contributed by atoms with E-state index >= 15 is 0 Å². The minimum atomic E-state index is -2.85. The third-order valence-corrected chi connectivity index (χ3v) is 8.45. The molecule has 4 heteroatoms. The Morgan fingerprint density at radius 3 is 1.60 bits per heavy atom. The van der Waals surface area contributed by atoms with Crippen molar-refractivity contribution in [2.75, 3.05) is 19.8 Å². The lowest BCUT2D eigenvalue weighted by molar-refractivity contribution is 0.0632. The lowest BCUT2D eigenvalue weighted by atomic mass is 10.2. The van der Waals surface area contributed by atoms with E-state index < -0.39 is 8.80 Å². The summed E-state index contributed by atoms with van der Waals surface area (Å²) in [6.45, 7) is 8.97. The number of rotatable bonds is 19. The van der Waals surface area contributed by atoms with E-state index in [9.17, 15) is 0 Å². The standard InChI is InChI=1S/C26H48O3Si/c1-4-7-10-18-23-27-30(28-24-19-11-8-5-2,29-25-20-12-9-6-3)26-21-16-14-13-15-17-22-26/h13-16,21H,4-12,17-20,22-25H2,1-3H3. The van der Waals surface area contributed by atoms with Gasteiger partial charge < -0.3 is 13.3 Å². The smallest absolute Gasteiger partial charge is 0.370 e. The molecule has 3 nitrogen and oxygen atoms in total. The van der Waals surface area contributed by atoms with Gasteiger partial charge in [0.2, 0.25) is 0 Å². The molecule has 0 aromatic heterocycles. The second-order valence-electron chi connectivity index (χ2n) is 8.33. The average molecular weight is 437 g/mol. The molecule has 174 valence electrons. The van der Waals surface area contributed by atoms with E-state index in [1.807, 2.05) is 0 Å². The fourth-order valence-electron chi connectivity index (χ4n) is 3.60. The van der Waals surface area contributed by atoms with Crippen LogP contribution < -0.4 is 0 Å². The van der Waals surface area contributed by atoms with Crippen LogP contribution in [0.3, 0.4) is 0 Å². The molecule has 0 aromatic carbocycles. The quantitative estimate of drug-likeness (QED) is 0.151. The van der Waals surface area contributed by atoms with E-state index in [2.05, 4.69) is 51.2 Å². The second kappa shape index (κ2) is 19.0. The van der Waals surface area contributed by atoms with Crippen molar-refractivity contribution in [3.05, 3.63) is 35.6 Å². The molecule has 0 radical (unpaired) electrons. The minimum absolute atomic E-state index is 0.743. The van der Waals surface area contributed by atoms with E-state index in [0.717, 1.165) is 51.9 Å². The zero-order valence-electron chi connectivity index (χ0n) is 20.1. The van der Waals surface area contributed by atoms with Crippen LogP contribution in [-0.4, -0.2) is 28.6 Å². The zero-order valence-corrected chi connectivity index (χ0v) is 21.1. The third-order valence-electron chi connectivity index (χ3n) is 5.50. The molecule has 1 rings (SSSR count). The first-order chi connectivity index (χ1) is 14.8. The molecule has 0 aliphatic heterocycles. The van der Waals surface area contributed by atoms with Crippen molar-refractivity contribution in [1.29, 1.82) is 0 Å². The SMILES string of the molecule is CCCCCCO[Si](OCCCCCC)(OCCCCCC)C1=CC=CC=CCC1. The van der Waals surface area contributed by atoms with Crippen LogP contribution in [0.1, 0.15) is 111 Å². The van der Waals surface area contributed by atoms with E-state index in [0.29, 0.717) is 0 Å². The van der Waals surface area contributed by atoms with Gasteiger partial charge in [-0.25, -0.2) is 0 Å². The first-order valence-electron chi connectivity index (χ1n) is 12.7. The summed E-state index contributed by atoms with van der Waals surface area (Å²) in [5.74, 6) is 0. The highest BCUT2D eigenvalue weighted by Crippen LogP contribution is 2.27. The molecule has 0 fully saturated rings. The topological polar surface area (TPSA) is 27.7 Å². The average Bonchev–Trinajstić information content (AvgIpc) is 2.72. The highest BCUT2D eigenvalue weighted by Gasteiger charge is 2.45. The first kappa shape index (κ1) is 27.4. The maximum atomic E-state index is 6.59. The third kappa shape index (κ3) is 12.2. The molecule has 0 unspecified atom stereocenters. The van der Waals surface area contributed by atoms with Crippen molar-refractivity contribution in [2.45, 2.75) is 111 Å². The van der Waals surface area contributed by atoms with Crippen LogP contribution in [0.5, 0.6) is 0 Å². The van der Waals surface area contributed by atoms with Crippen molar-refractivity contribution in [1.82, 2.24) is 0 Å². The van der Waals surface area contributed by atoms with Crippen LogP contribution in [0.4, 0.5) is 0 Å². The monoisotopic (exact) mass is 436 g/mol. The van der Waals surface area contributed by atoms with Crippen molar-refractivity contribution in [2.24, 2.45) is 0 Å². The van der Waals surface area contributed by atoms with Crippen molar-refractivity contribution in [3.63, 3.8) is 0 Å².